The van der Waals surface area contributed by atoms with E-state index < -0.39 is 0 Å². The first-order valence-electron chi connectivity index (χ1n) is 7.41. The van der Waals surface area contributed by atoms with Gasteiger partial charge in [-0.2, -0.15) is 0 Å². The molecule has 4 nitrogen and oxygen atoms in total. The molecule has 2 heterocycles. The Hall–Kier alpha value is -2.14. The van der Waals surface area contributed by atoms with Gasteiger partial charge < -0.3 is 10.2 Å². The second-order valence-electron chi connectivity index (χ2n) is 5.36. The summed E-state index contributed by atoms with van der Waals surface area (Å²) in [6.45, 7) is 1.30. The molecule has 0 aliphatic carbocycles. The third-order valence-electron chi connectivity index (χ3n) is 3.83. The number of hydrogen-bond acceptors (Lipinski definition) is 3. The molecule has 1 saturated heterocycles. The molecule has 1 N–H and O–H groups in total. The number of nitrogens with zero attached hydrogens (tertiary/aromatic N) is 1. The van der Waals surface area contributed by atoms with E-state index in [-0.39, 0.29) is 17.9 Å². The average Bonchev–Trinajstić information content (AvgIpc) is 3.20. The van der Waals surface area contributed by atoms with Crippen molar-refractivity contribution in [1.82, 2.24) is 10.2 Å². The molecular weight excluding hydrogens is 296 g/mol. The molecule has 0 radical (unpaired) electrons. The Balaban J connectivity index is 1.77. The quantitative estimate of drug-likeness (QED) is 0.922. The number of likely N-dealkylation sites (tertiary alicyclic amines) is 1. The molecule has 0 bridgehead atoms. The standard InChI is InChI=1S/C17H18N2O2S/c20-16-9-4-10-19(16)12-14(13-6-2-1-3-7-13)18-17(21)15-8-5-11-22-15/h1-3,5-8,11,14H,4,9-10,12H2,(H,18,21). The fourth-order valence-electron chi connectivity index (χ4n) is 2.67. The first kappa shape index (κ1) is 14.8. The van der Waals surface area contributed by atoms with E-state index in [1.807, 2.05) is 52.7 Å². The van der Waals surface area contributed by atoms with Crippen LogP contribution in [-0.2, 0) is 4.79 Å². The van der Waals surface area contributed by atoms with Gasteiger partial charge in [0, 0.05) is 19.5 Å². The van der Waals surface area contributed by atoms with Crippen LogP contribution in [0.3, 0.4) is 0 Å². The summed E-state index contributed by atoms with van der Waals surface area (Å²) in [5.74, 6) is 0.0850. The van der Waals surface area contributed by atoms with Crippen molar-refractivity contribution >= 4 is 23.2 Å². The maximum Gasteiger partial charge on any atom is 0.261 e. The summed E-state index contributed by atoms with van der Waals surface area (Å²) >= 11 is 1.42. The number of rotatable bonds is 5. The predicted molar refractivity (Wildman–Crippen MR) is 86.8 cm³/mol. The van der Waals surface area contributed by atoms with Crippen molar-refractivity contribution in [3.05, 3.63) is 58.3 Å². The lowest BCUT2D eigenvalue weighted by Gasteiger charge is -2.25. The smallest absolute Gasteiger partial charge is 0.261 e. The van der Waals surface area contributed by atoms with Crippen molar-refractivity contribution in [2.24, 2.45) is 0 Å². The molecule has 1 aromatic heterocycles. The Labute approximate surface area is 133 Å². The highest BCUT2D eigenvalue weighted by molar-refractivity contribution is 7.12. The van der Waals surface area contributed by atoms with Gasteiger partial charge in [0.15, 0.2) is 0 Å². The molecule has 2 aromatic rings. The first-order chi connectivity index (χ1) is 10.7. The topological polar surface area (TPSA) is 49.4 Å². The molecule has 1 atom stereocenters. The Bertz CT molecular complexity index is 640. The largest absolute Gasteiger partial charge is 0.343 e. The summed E-state index contributed by atoms with van der Waals surface area (Å²) in [4.78, 5) is 26.7. The lowest BCUT2D eigenvalue weighted by Crippen LogP contribution is -2.38. The van der Waals surface area contributed by atoms with Gasteiger partial charge >= 0.3 is 0 Å². The minimum atomic E-state index is -0.183. The van der Waals surface area contributed by atoms with Gasteiger partial charge in [-0.3, -0.25) is 9.59 Å². The maximum atomic E-state index is 12.3. The Morgan fingerprint density at radius 3 is 2.68 bits per heavy atom. The summed E-state index contributed by atoms with van der Waals surface area (Å²) in [5, 5.41) is 4.95. The fourth-order valence-corrected chi connectivity index (χ4v) is 3.30. The molecule has 1 unspecified atom stereocenters. The Morgan fingerprint density at radius 2 is 2.05 bits per heavy atom. The van der Waals surface area contributed by atoms with Gasteiger partial charge in [0.1, 0.15) is 0 Å². The van der Waals surface area contributed by atoms with E-state index >= 15 is 0 Å². The highest BCUT2D eigenvalue weighted by Gasteiger charge is 2.25. The number of hydrogen-bond donors (Lipinski definition) is 1. The van der Waals surface area contributed by atoms with Gasteiger partial charge in [0.25, 0.3) is 5.91 Å². The van der Waals surface area contributed by atoms with Crippen LogP contribution < -0.4 is 5.32 Å². The summed E-state index contributed by atoms with van der Waals surface area (Å²) in [6, 6.07) is 13.3. The monoisotopic (exact) mass is 314 g/mol. The molecule has 0 saturated carbocycles. The van der Waals surface area contributed by atoms with E-state index in [2.05, 4.69) is 5.32 Å². The number of thiophene rings is 1. The van der Waals surface area contributed by atoms with Gasteiger partial charge in [-0.15, -0.1) is 11.3 Å². The molecule has 5 heteroatoms. The van der Waals surface area contributed by atoms with Crippen LogP contribution in [0.25, 0.3) is 0 Å². The highest BCUT2D eigenvalue weighted by atomic mass is 32.1. The van der Waals surface area contributed by atoms with E-state index in [4.69, 9.17) is 0 Å². The molecule has 114 valence electrons. The zero-order valence-electron chi connectivity index (χ0n) is 12.2. The SMILES string of the molecule is O=C(NC(CN1CCCC1=O)c1ccccc1)c1cccs1. The fraction of sp³-hybridized carbons (Fsp3) is 0.294. The average molecular weight is 314 g/mol. The summed E-state index contributed by atoms with van der Waals surface area (Å²) in [5.41, 5.74) is 1.02. The van der Waals surface area contributed by atoms with Crippen molar-refractivity contribution in [3.8, 4) is 0 Å². The Morgan fingerprint density at radius 1 is 1.23 bits per heavy atom. The van der Waals surface area contributed by atoms with Gasteiger partial charge in [0.2, 0.25) is 5.91 Å². The number of carbonyl (C=O) groups excluding carboxylic acids is 2. The van der Waals surface area contributed by atoms with Crippen LogP contribution in [0.1, 0.15) is 34.1 Å². The predicted octanol–water partition coefficient (Wildman–Crippen LogP) is 2.84. The lowest BCUT2D eigenvalue weighted by atomic mass is 10.1. The van der Waals surface area contributed by atoms with Crippen LogP contribution in [0.4, 0.5) is 0 Å². The van der Waals surface area contributed by atoms with Gasteiger partial charge in [-0.1, -0.05) is 36.4 Å². The van der Waals surface area contributed by atoms with Gasteiger partial charge in [0.05, 0.1) is 10.9 Å². The second-order valence-corrected chi connectivity index (χ2v) is 6.31. The summed E-state index contributed by atoms with van der Waals surface area (Å²) in [7, 11) is 0. The summed E-state index contributed by atoms with van der Waals surface area (Å²) < 4.78 is 0. The second kappa shape index (κ2) is 6.75. The molecule has 3 rings (SSSR count). The van der Waals surface area contributed by atoms with Crippen molar-refractivity contribution in [1.29, 1.82) is 0 Å². The van der Waals surface area contributed by atoms with Crippen LogP contribution >= 0.6 is 11.3 Å². The molecule has 1 aromatic carbocycles. The van der Waals surface area contributed by atoms with Gasteiger partial charge in [-0.05, 0) is 23.4 Å². The molecule has 2 amide bonds. The van der Waals surface area contributed by atoms with Crippen LogP contribution in [0, 0.1) is 0 Å². The van der Waals surface area contributed by atoms with Crippen LogP contribution in [0.5, 0.6) is 0 Å². The minimum absolute atomic E-state index is 0.0875. The molecule has 1 aliphatic rings. The molecular formula is C17H18N2O2S. The van der Waals surface area contributed by atoms with E-state index in [1.165, 1.54) is 11.3 Å². The molecule has 1 fully saturated rings. The normalized spacial score (nSPS) is 15.8. The number of benzene rings is 1. The Kier molecular flexibility index (Phi) is 4.53. The first-order valence-corrected chi connectivity index (χ1v) is 8.29. The van der Waals surface area contributed by atoms with Crippen LogP contribution in [0.15, 0.2) is 47.8 Å². The zero-order chi connectivity index (χ0) is 15.4. The number of amides is 2. The van der Waals surface area contributed by atoms with E-state index in [1.54, 1.807) is 0 Å². The van der Waals surface area contributed by atoms with Crippen LogP contribution in [0.2, 0.25) is 0 Å². The van der Waals surface area contributed by atoms with Crippen molar-refractivity contribution in [2.45, 2.75) is 18.9 Å². The van der Waals surface area contributed by atoms with Gasteiger partial charge in [-0.25, -0.2) is 0 Å². The van der Waals surface area contributed by atoms with Crippen molar-refractivity contribution in [3.63, 3.8) is 0 Å². The third kappa shape index (κ3) is 3.36. The number of nitrogens with one attached hydrogen (secondary N) is 1. The zero-order valence-corrected chi connectivity index (χ0v) is 13.0. The maximum absolute atomic E-state index is 12.3. The highest BCUT2D eigenvalue weighted by Crippen LogP contribution is 2.20. The van der Waals surface area contributed by atoms with Crippen molar-refractivity contribution < 1.29 is 9.59 Å². The molecule has 22 heavy (non-hydrogen) atoms. The van der Waals surface area contributed by atoms with E-state index in [0.29, 0.717) is 17.8 Å². The third-order valence-corrected chi connectivity index (χ3v) is 4.70. The number of carbonyl (C=O) groups is 2. The van der Waals surface area contributed by atoms with E-state index in [0.717, 1.165) is 18.5 Å². The molecule has 0 spiro atoms. The summed E-state index contributed by atoms with van der Waals surface area (Å²) in [6.07, 6.45) is 1.51. The molecule has 1 aliphatic heterocycles. The van der Waals surface area contributed by atoms with E-state index in [9.17, 15) is 9.59 Å². The van der Waals surface area contributed by atoms with Crippen LogP contribution in [-0.4, -0.2) is 29.8 Å². The minimum Gasteiger partial charge on any atom is -0.343 e. The lowest BCUT2D eigenvalue weighted by molar-refractivity contribution is -0.128. The van der Waals surface area contributed by atoms with Crippen molar-refractivity contribution in [2.75, 3.05) is 13.1 Å².